The van der Waals surface area contributed by atoms with Crippen LogP contribution in [0.25, 0.3) is 0 Å². The topological polar surface area (TPSA) is 64.7 Å². The Bertz CT molecular complexity index is 1300. The molecule has 1 amide bonds. The monoisotopic (exact) mass is 465 g/mol. The van der Waals surface area contributed by atoms with Crippen molar-refractivity contribution in [3.63, 3.8) is 0 Å². The van der Waals surface area contributed by atoms with Gasteiger partial charge in [-0.15, -0.1) is 0 Å². The Kier molecular flexibility index (Phi) is 6.33. The number of halogens is 2. The maximum Gasteiger partial charge on any atom is 0.255 e. The summed E-state index contributed by atoms with van der Waals surface area (Å²) < 4.78 is 17.8. The van der Waals surface area contributed by atoms with E-state index in [0.717, 1.165) is 22.6 Å². The fraction of sp³-hybridized carbons (Fsp3) is 0.240. The Hall–Kier alpha value is -3.45. The maximum absolute atomic E-state index is 14.2. The fourth-order valence-corrected chi connectivity index (χ4v) is 4.04. The third kappa shape index (κ3) is 4.83. The van der Waals surface area contributed by atoms with Crippen LogP contribution >= 0.6 is 11.6 Å². The lowest BCUT2D eigenvalue weighted by Crippen LogP contribution is -2.14. The van der Waals surface area contributed by atoms with Crippen LogP contribution in [0.15, 0.2) is 48.5 Å². The average Bonchev–Trinajstić information content (AvgIpc) is 3.23. The van der Waals surface area contributed by atoms with Crippen molar-refractivity contribution in [1.82, 2.24) is 19.6 Å². The number of benzene rings is 2. The Labute approximate surface area is 197 Å². The van der Waals surface area contributed by atoms with E-state index in [1.54, 1.807) is 35.9 Å². The van der Waals surface area contributed by atoms with Crippen molar-refractivity contribution in [3.8, 4) is 0 Å². The summed E-state index contributed by atoms with van der Waals surface area (Å²) >= 11 is 6.16. The van der Waals surface area contributed by atoms with Gasteiger partial charge >= 0.3 is 0 Å². The van der Waals surface area contributed by atoms with Gasteiger partial charge in [0.1, 0.15) is 5.82 Å². The van der Waals surface area contributed by atoms with Gasteiger partial charge in [0.05, 0.1) is 35.9 Å². The zero-order valence-corrected chi connectivity index (χ0v) is 19.7. The quantitative estimate of drug-likeness (QED) is 0.411. The molecular weight excluding hydrogens is 441 g/mol. The third-order valence-electron chi connectivity index (χ3n) is 5.64. The molecule has 0 spiro atoms. The van der Waals surface area contributed by atoms with Gasteiger partial charge in [-0.25, -0.2) is 4.39 Å². The number of carbonyl (C=O) groups excluding carboxylic acids is 1. The lowest BCUT2D eigenvalue weighted by molar-refractivity contribution is 0.102. The Morgan fingerprint density at radius 1 is 1.00 bits per heavy atom. The number of hydrogen-bond acceptors (Lipinski definition) is 3. The molecule has 8 heteroatoms. The van der Waals surface area contributed by atoms with Crippen molar-refractivity contribution >= 4 is 23.2 Å². The molecule has 4 aromatic rings. The molecule has 0 aliphatic rings. The van der Waals surface area contributed by atoms with E-state index in [2.05, 4.69) is 15.5 Å². The van der Waals surface area contributed by atoms with Crippen LogP contribution in [0.3, 0.4) is 0 Å². The number of anilines is 1. The molecule has 2 heterocycles. The first-order valence-corrected chi connectivity index (χ1v) is 11.0. The third-order valence-corrected chi connectivity index (χ3v) is 6.00. The van der Waals surface area contributed by atoms with Crippen LogP contribution in [0.5, 0.6) is 0 Å². The van der Waals surface area contributed by atoms with E-state index in [4.69, 9.17) is 11.6 Å². The highest BCUT2D eigenvalue weighted by molar-refractivity contribution is 6.31. The van der Waals surface area contributed by atoms with E-state index in [1.807, 2.05) is 43.7 Å². The predicted molar refractivity (Wildman–Crippen MR) is 127 cm³/mol. The standard InChI is InChI=1S/C25H25ClFN5O/c1-15-12-16(2)31(29-15)13-19-8-10-20(11-9-19)25(33)28-24-17(3)30-32(18(24)4)14-21-22(26)6-5-7-23(21)27/h5-12H,13-14H2,1-4H3,(H,28,33). The van der Waals surface area contributed by atoms with Gasteiger partial charge in [-0.3, -0.25) is 14.2 Å². The van der Waals surface area contributed by atoms with Crippen LogP contribution in [0, 0.1) is 33.5 Å². The van der Waals surface area contributed by atoms with Crippen molar-refractivity contribution in [2.24, 2.45) is 0 Å². The molecule has 1 N–H and O–H groups in total. The highest BCUT2D eigenvalue weighted by atomic mass is 35.5. The summed E-state index contributed by atoms with van der Waals surface area (Å²) in [7, 11) is 0. The number of hydrogen-bond donors (Lipinski definition) is 1. The number of nitrogens with zero attached hydrogens (tertiary/aromatic N) is 4. The fourth-order valence-electron chi connectivity index (χ4n) is 3.82. The first-order valence-electron chi connectivity index (χ1n) is 10.6. The van der Waals surface area contributed by atoms with Crippen LogP contribution in [-0.4, -0.2) is 25.5 Å². The summed E-state index contributed by atoms with van der Waals surface area (Å²) in [5.41, 5.74) is 6.01. The minimum Gasteiger partial charge on any atom is -0.319 e. The summed E-state index contributed by atoms with van der Waals surface area (Å²) in [6, 6.07) is 14.1. The molecule has 0 aliphatic heterocycles. The average molecular weight is 466 g/mol. The normalized spacial score (nSPS) is 11.1. The smallest absolute Gasteiger partial charge is 0.255 e. The van der Waals surface area contributed by atoms with E-state index in [1.165, 1.54) is 6.07 Å². The van der Waals surface area contributed by atoms with Crippen LogP contribution in [-0.2, 0) is 13.1 Å². The number of aromatic nitrogens is 4. The second-order valence-electron chi connectivity index (χ2n) is 8.14. The van der Waals surface area contributed by atoms with Gasteiger partial charge in [0.25, 0.3) is 5.91 Å². The molecule has 2 aromatic carbocycles. The van der Waals surface area contributed by atoms with Crippen molar-refractivity contribution in [3.05, 3.63) is 98.8 Å². The molecule has 0 bridgehead atoms. The second kappa shape index (κ2) is 9.19. The molecule has 33 heavy (non-hydrogen) atoms. The van der Waals surface area contributed by atoms with Crippen molar-refractivity contribution in [2.75, 3.05) is 5.32 Å². The first kappa shape index (κ1) is 22.7. The second-order valence-corrected chi connectivity index (χ2v) is 8.55. The van der Waals surface area contributed by atoms with Crippen LogP contribution in [0.4, 0.5) is 10.1 Å². The summed E-state index contributed by atoms with van der Waals surface area (Å²) in [5, 5.41) is 12.2. The molecule has 0 radical (unpaired) electrons. The minimum absolute atomic E-state index is 0.176. The van der Waals surface area contributed by atoms with Gasteiger partial charge in [0, 0.05) is 21.8 Å². The molecule has 0 fully saturated rings. The molecule has 170 valence electrons. The van der Waals surface area contributed by atoms with Gasteiger partial charge < -0.3 is 5.32 Å². The van der Waals surface area contributed by atoms with Gasteiger partial charge in [0.15, 0.2) is 0 Å². The van der Waals surface area contributed by atoms with E-state index >= 15 is 0 Å². The molecule has 6 nitrogen and oxygen atoms in total. The number of rotatable bonds is 6. The van der Waals surface area contributed by atoms with Gasteiger partial charge in [0.2, 0.25) is 0 Å². The lowest BCUT2D eigenvalue weighted by Gasteiger charge is -2.10. The SMILES string of the molecule is Cc1cc(C)n(Cc2ccc(C(=O)Nc3c(C)nn(Cc4c(F)cccc4Cl)c3C)cc2)n1. The van der Waals surface area contributed by atoms with E-state index < -0.39 is 0 Å². The lowest BCUT2D eigenvalue weighted by atomic mass is 10.1. The summed E-state index contributed by atoms with van der Waals surface area (Å²) in [4.78, 5) is 12.9. The van der Waals surface area contributed by atoms with Crippen molar-refractivity contribution < 1.29 is 9.18 Å². The number of amides is 1. The Balaban J connectivity index is 1.49. The highest BCUT2D eigenvalue weighted by Crippen LogP contribution is 2.25. The van der Waals surface area contributed by atoms with Crippen LogP contribution in [0.1, 0.15) is 44.3 Å². The van der Waals surface area contributed by atoms with Gasteiger partial charge in [-0.1, -0.05) is 29.8 Å². The molecule has 0 aliphatic carbocycles. The molecular formula is C25H25ClFN5O. The van der Waals surface area contributed by atoms with Crippen molar-refractivity contribution in [1.29, 1.82) is 0 Å². The van der Waals surface area contributed by atoms with E-state index in [0.29, 0.717) is 34.1 Å². The predicted octanol–water partition coefficient (Wildman–Crippen LogP) is 5.45. The van der Waals surface area contributed by atoms with E-state index in [9.17, 15) is 9.18 Å². The highest BCUT2D eigenvalue weighted by Gasteiger charge is 2.17. The molecule has 2 aromatic heterocycles. The molecule has 0 saturated heterocycles. The zero-order chi connectivity index (χ0) is 23.7. The maximum atomic E-state index is 14.2. The zero-order valence-electron chi connectivity index (χ0n) is 19.0. The van der Waals surface area contributed by atoms with Gasteiger partial charge in [-0.05, 0) is 63.6 Å². The number of nitrogens with one attached hydrogen (secondary N) is 1. The minimum atomic E-state index is -0.388. The molecule has 0 saturated carbocycles. The molecule has 0 atom stereocenters. The number of carbonyl (C=O) groups is 1. The van der Waals surface area contributed by atoms with Crippen molar-refractivity contribution in [2.45, 2.75) is 40.8 Å². The van der Waals surface area contributed by atoms with Crippen LogP contribution in [0.2, 0.25) is 5.02 Å². The van der Waals surface area contributed by atoms with Crippen LogP contribution < -0.4 is 5.32 Å². The Morgan fingerprint density at radius 3 is 2.36 bits per heavy atom. The summed E-state index contributed by atoms with van der Waals surface area (Å²) in [6.45, 7) is 8.45. The first-order chi connectivity index (χ1) is 15.7. The molecule has 0 unspecified atom stereocenters. The van der Waals surface area contributed by atoms with Gasteiger partial charge in [-0.2, -0.15) is 10.2 Å². The molecule has 4 rings (SSSR count). The summed E-state index contributed by atoms with van der Waals surface area (Å²) in [6.07, 6.45) is 0. The summed E-state index contributed by atoms with van der Waals surface area (Å²) in [5.74, 6) is -0.622. The Morgan fingerprint density at radius 2 is 1.73 bits per heavy atom. The van der Waals surface area contributed by atoms with E-state index in [-0.39, 0.29) is 18.3 Å². The largest absolute Gasteiger partial charge is 0.319 e. The number of aryl methyl sites for hydroxylation is 3.